The van der Waals surface area contributed by atoms with Gasteiger partial charge in [-0.25, -0.2) is 0 Å². The zero-order valence-corrected chi connectivity index (χ0v) is 6.19. The van der Waals surface area contributed by atoms with Gasteiger partial charge < -0.3 is 0 Å². The monoisotopic (exact) mass is 123 g/mol. The molecule has 0 heteroatoms. The van der Waals surface area contributed by atoms with Gasteiger partial charge >= 0.3 is 0 Å². The molecule has 0 nitrogen and oxygen atoms in total. The summed E-state index contributed by atoms with van der Waals surface area (Å²) in [7, 11) is 0. The van der Waals surface area contributed by atoms with Gasteiger partial charge in [0.25, 0.3) is 0 Å². The summed E-state index contributed by atoms with van der Waals surface area (Å²) >= 11 is 0. The molecular formula is C9H15. The van der Waals surface area contributed by atoms with Gasteiger partial charge in [0.05, 0.1) is 0 Å². The summed E-state index contributed by atoms with van der Waals surface area (Å²) < 4.78 is 0. The third-order valence-corrected chi connectivity index (χ3v) is 1.65. The van der Waals surface area contributed by atoms with Crippen LogP contribution >= 0.6 is 0 Å². The van der Waals surface area contributed by atoms with Crippen LogP contribution in [0.5, 0.6) is 0 Å². The van der Waals surface area contributed by atoms with Crippen LogP contribution in [0.1, 0.15) is 19.8 Å². The molecule has 0 aromatic carbocycles. The molecule has 0 aromatic heterocycles. The summed E-state index contributed by atoms with van der Waals surface area (Å²) in [6, 6.07) is 0. The van der Waals surface area contributed by atoms with E-state index in [9.17, 15) is 0 Å². The molecule has 0 bridgehead atoms. The summed E-state index contributed by atoms with van der Waals surface area (Å²) in [4.78, 5) is 0. The molecule has 0 aliphatic heterocycles. The molecule has 51 valence electrons. The Morgan fingerprint density at radius 3 is 1.89 bits per heavy atom. The lowest BCUT2D eigenvalue weighted by Crippen LogP contribution is -2.06. The first-order valence-corrected chi connectivity index (χ1v) is 3.25. The Kier molecular flexibility index (Phi) is 3.29. The topological polar surface area (TPSA) is 0 Å². The molecule has 9 heavy (non-hydrogen) atoms. The van der Waals surface area contributed by atoms with Crippen molar-refractivity contribution < 1.29 is 0 Å². The molecule has 0 saturated heterocycles. The van der Waals surface area contributed by atoms with Crippen molar-refractivity contribution in [3.63, 3.8) is 0 Å². The van der Waals surface area contributed by atoms with Gasteiger partial charge in [-0.05, 0) is 6.42 Å². The fraction of sp³-hybridized carbons (Fsp3) is 0.444. The van der Waals surface area contributed by atoms with Crippen molar-refractivity contribution in [2.24, 2.45) is 5.41 Å². The van der Waals surface area contributed by atoms with Gasteiger partial charge in [-0.15, -0.1) is 13.2 Å². The molecule has 0 aliphatic carbocycles. The SMILES string of the molecule is [CH2]CCC(C)(C=C)C=C. The first-order valence-electron chi connectivity index (χ1n) is 3.25. The highest BCUT2D eigenvalue weighted by Crippen LogP contribution is 2.24. The van der Waals surface area contributed by atoms with Crippen molar-refractivity contribution in [1.82, 2.24) is 0 Å². The highest BCUT2D eigenvalue weighted by Gasteiger charge is 2.12. The fourth-order valence-corrected chi connectivity index (χ4v) is 0.668. The van der Waals surface area contributed by atoms with E-state index in [-0.39, 0.29) is 5.41 Å². The molecule has 0 saturated carbocycles. The van der Waals surface area contributed by atoms with Crippen LogP contribution in [0.2, 0.25) is 0 Å². The van der Waals surface area contributed by atoms with Crippen molar-refractivity contribution in [1.29, 1.82) is 0 Å². The normalized spacial score (nSPS) is 10.9. The molecule has 1 radical (unpaired) electrons. The van der Waals surface area contributed by atoms with E-state index in [2.05, 4.69) is 27.0 Å². The molecule has 0 atom stereocenters. The highest BCUT2D eigenvalue weighted by atomic mass is 14.2. The maximum absolute atomic E-state index is 3.77. The lowest BCUT2D eigenvalue weighted by Gasteiger charge is -2.18. The first kappa shape index (κ1) is 8.48. The van der Waals surface area contributed by atoms with Gasteiger partial charge in [0.1, 0.15) is 0 Å². The molecule has 0 aliphatic rings. The zero-order chi connectivity index (χ0) is 7.33. The molecule has 0 aromatic rings. The smallest absolute Gasteiger partial charge is 0.00273 e. The summed E-state index contributed by atoms with van der Waals surface area (Å²) in [6.45, 7) is 13.3. The van der Waals surface area contributed by atoms with Crippen molar-refractivity contribution in [2.75, 3.05) is 0 Å². The average Bonchev–Trinajstić information content (AvgIpc) is 1.89. The Morgan fingerprint density at radius 2 is 1.78 bits per heavy atom. The van der Waals surface area contributed by atoms with E-state index >= 15 is 0 Å². The summed E-state index contributed by atoms with van der Waals surface area (Å²) in [5, 5.41) is 0. The lowest BCUT2D eigenvalue weighted by molar-refractivity contribution is 0.507. The third kappa shape index (κ3) is 2.50. The Bertz CT molecular complexity index is 92.6. The second-order valence-corrected chi connectivity index (χ2v) is 2.52. The van der Waals surface area contributed by atoms with E-state index < -0.39 is 0 Å². The van der Waals surface area contributed by atoms with Crippen molar-refractivity contribution in [3.05, 3.63) is 32.2 Å². The molecule has 0 amide bonds. The van der Waals surface area contributed by atoms with Crippen molar-refractivity contribution in [2.45, 2.75) is 19.8 Å². The highest BCUT2D eigenvalue weighted by molar-refractivity contribution is 5.03. The van der Waals surface area contributed by atoms with Crippen LogP contribution in [0.15, 0.2) is 25.3 Å². The van der Waals surface area contributed by atoms with Gasteiger partial charge in [-0.2, -0.15) is 0 Å². The number of allylic oxidation sites excluding steroid dienone is 2. The fourth-order valence-electron chi connectivity index (χ4n) is 0.668. The van der Waals surface area contributed by atoms with E-state index in [0.29, 0.717) is 0 Å². The van der Waals surface area contributed by atoms with Gasteiger partial charge in [-0.3, -0.25) is 0 Å². The van der Waals surface area contributed by atoms with Crippen LogP contribution in [0.3, 0.4) is 0 Å². The average molecular weight is 123 g/mol. The zero-order valence-electron chi connectivity index (χ0n) is 6.19. The minimum absolute atomic E-state index is 0.0990. The third-order valence-electron chi connectivity index (χ3n) is 1.65. The maximum Gasteiger partial charge on any atom is 0.00273 e. The Balaban J connectivity index is 3.91. The molecule has 0 rings (SSSR count). The Morgan fingerprint density at radius 1 is 1.33 bits per heavy atom. The molecule has 0 N–H and O–H groups in total. The van der Waals surface area contributed by atoms with Crippen LogP contribution in [-0.2, 0) is 0 Å². The molecule has 0 spiro atoms. The maximum atomic E-state index is 3.77. The number of hydrogen-bond donors (Lipinski definition) is 0. The Labute approximate surface area is 58.3 Å². The van der Waals surface area contributed by atoms with Crippen LogP contribution in [-0.4, -0.2) is 0 Å². The molecule has 0 fully saturated rings. The van der Waals surface area contributed by atoms with Crippen LogP contribution in [0.25, 0.3) is 0 Å². The van der Waals surface area contributed by atoms with Gasteiger partial charge in [0.15, 0.2) is 0 Å². The summed E-state index contributed by atoms with van der Waals surface area (Å²) in [5.74, 6) is 0. The number of hydrogen-bond acceptors (Lipinski definition) is 0. The van der Waals surface area contributed by atoms with Crippen LogP contribution in [0.4, 0.5) is 0 Å². The minimum Gasteiger partial charge on any atom is -0.102 e. The van der Waals surface area contributed by atoms with E-state index in [1.54, 1.807) is 0 Å². The van der Waals surface area contributed by atoms with E-state index in [0.717, 1.165) is 12.8 Å². The Hall–Kier alpha value is -0.520. The second kappa shape index (κ2) is 3.49. The molecular weight excluding hydrogens is 108 g/mol. The van der Waals surface area contributed by atoms with Crippen LogP contribution in [0, 0.1) is 12.3 Å². The minimum atomic E-state index is 0.0990. The lowest BCUT2D eigenvalue weighted by atomic mass is 9.86. The number of rotatable bonds is 4. The van der Waals surface area contributed by atoms with Gasteiger partial charge in [0, 0.05) is 5.41 Å². The van der Waals surface area contributed by atoms with E-state index in [4.69, 9.17) is 0 Å². The second-order valence-electron chi connectivity index (χ2n) is 2.52. The predicted octanol–water partition coefficient (Wildman–Crippen LogP) is 2.98. The largest absolute Gasteiger partial charge is 0.102 e. The molecule has 0 unspecified atom stereocenters. The van der Waals surface area contributed by atoms with Gasteiger partial charge in [0.2, 0.25) is 0 Å². The predicted molar refractivity (Wildman–Crippen MR) is 43.1 cm³/mol. The van der Waals surface area contributed by atoms with Gasteiger partial charge in [-0.1, -0.05) is 32.4 Å². The molecule has 0 heterocycles. The quantitative estimate of drug-likeness (QED) is 0.504. The van der Waals surface area contributed by atoms with E-state index in [1.807, 2.05) is 12.2 Å². The van der Waals surface area contributed by atoms with Crippen molar-refractivity contribution in [3.8, 4) is 0 Å². The summed E-state index contributed by atoms with van der Waals surface area (Å²) in [6.07, 6.45) is 5.82. The summed E-state index contributed by atoms with van der Waals surface area (Å²) in [5.41, 5.74) is 0.0990. The van der Waals surface area contributed by atoms with Crippen LogP contribution < -0.4 is 0 Å². The standard InChI is InChI=1S/C9H15/c1-5-8-9(4,6-2)7-3/h6-7H,1-3,5,8H2,4H3. The first-order chi connectivity index (χ1) is 4.18. The van der Waals surface area contributed by atoms with E-state index in [1.165, 1.54) is 0 Å². The van der Waals surface area contributed by atoms with Crippen molar-refractivity contribution >= 4 is 0 Å².